The molecule has 0 aliphatic carbocycles. The van der Waals surface area contributed by atoms with Crippen LogP contribution in [0.2, 0.25) is 0 Å². The first-order chi connectivity index (χ1) is 18.9. The fourth-order valence-corrected chi connectivity index (χ4v) is 11.4. The average molecular weight is 574 g/mol. The van der Waals surface area contributed by atoms with Gasteiger partial charge in [0.05, 0.1) is 0 Å². The van der Waals surface area contributed by atoms with Crippen molar-refractivity contribution in [3.8, 4) is 0 Å². The van der Waals surface area contributed by atoms with Crippen molar-refractivity contribution in [3.63, 3.8) is 0 Å². The molecule has 0 aromatic rings. The average Bonchev–Trinajstić information content (AvgIpc) is 2.92. The fourth-order valence-electron chi connectivity index (χ4n) is 5.87. The van der Waals surface area contributed by atoms with Crippen LogP contribution in [0.15, 0.2) is 0 Å². The van der Waals surface area contributed by atoms with Crippen LogP contribution in [0.1, 0.15) is 189 Å². The molecule has 0 saturated heterocycles. The number of hydrogen-bond donors (Lipinski definition) is 2. The summed E-state index contributed by atoms with van der Waals surface area (Å²) in [4.78, 5) is 9.57. The van der Waals surface area contributed by atoms with Crippen LogP contribution in [0, 0.1) is 0 Å². The van der Waals surface area contributed by atoms with Crippen LogP contribution in [-0.4, -0.2) is 41.8 Å². The summed E-state index contributed by atoms with van der Waals surface area (Å²) in [6.07, 6.45) is 42.4. The van der Waals surface area contributed by atoms with E-state index in [1.165, 1.54) is 135 Å². The van der Waals surface area contributed by atoms with Crippen LogP contribution in [0.25, 0.3) is 0 Å². The summed E-state index contributed by atoms with van der Waals surface area (Å²) in [5.74, 6) is -0.963. The van der Waals surface area contributed by atoms with Gasteiger partial charge in [0.2, 0.25) is 0 Å². The molecule has 1 atom stereocenters. The standard InChI is InChI=1S/C32H69P.C3H7NO2/c1-5-9-13-17-21-25-29-33(30-26-22-18-14-10-6-2,31-27-23-19-15-11-7-3)32-28-24-20-16-12-8-4;1-2(4)3(5)6/h33H,5-32H2,1-4H3;2H,4H2,1H3,(H,5,6). The zero-order valence-corrected chi connectivity index (χ0v) is 28.8. The molecule has 0 rings (SSSR count). The molecule has 0 aliphatic rings. The molecule has 4 heteroatoms. The van der Waals surface area contributed by atoms with Crippen molar-refractivity contribution in [1.29, 1.82) is 0 Å². The first-order valence-electron chi connectivity index (χ1n) is 17.9. The van der Waals surface area contributed by atoms with Crippen LogP contribution in [0.3, 0.4) is 0 Å². The Balaban J connectivity index is 0. The number of hydrogen-bond acceptors (Lipinski definition) is 2. The van der Waals surface area contributed by atoms with Gasteiger partial charge in [-0.2, -0.15) is 0 Å². The second kappa shape index (κ2) is 32.4. The number of carboxylic acids is 1. The predicted molar refractivity (Wildman–Crippen MR) is 183 cm³/mol. The zero-order valence-electron chi connectivity index (χ0n) is 27.8. The van der Waals surface area contributed by atoms with E-state index in [-0.39, 0.29) is 0 Å². The first kappa shape index (κ1) is 41.0. The molecule has 0 saturated carbocycles. The molecule has 0 fully saturated rings. The normalized spacial score (nSPS) is 12.7. The van der Waals surface area contributed by atoms with Gasteiger partial charge in [0.25, 0.3) is 0 Å². The molecular weight excluding hydrogens is 497 g/mol. The number of rotatable bonds is 29. The quantitative estimate of drug-likeness (QED) is 0.0691. The van der Waals surface area contributed by atoms with Gasteiger partial charge in [-0.1, -0.05) is 0 Å². The van der Waals surface area contributed by atoms with Crippen LogP contribution >= 0.6 is 7.26 Å². The van der Waals surface area contributed by atoms with Crippen molar-refractivity contribution in [1.82, 2.24) is 0 Å². The van der Waals surface area contributed by atoms with Crippen LogP contribution < -0.4 is 5.73 Å². The molecule has 3 N–H and O–H groups in total. The molecule has 1 unspecified atom stereocenters. The topological polar surface area (TPSA) is 63.3 Å². The molecule has 0 aromatic heterocycles. The first-order valence-corrected chi connectivity index (χ1v) is 20.7. The van der Waals surface area contributed by atoms with Gasteiger partial charge >= 0.3 is 220 Å². The van der Waals surface area contributed by atoms with Gasteiger partial charge in [0, 0.05) is 0 Å². The number of carboxylic acid groups (broad SMARTS) is 1. The summed E-state index contributed by atoms with van der Waals surface area (Å²) in [7, 11) is -1.07. The van der Waals surface area contributed by atoms with Gasteiger partial charge in [0.15, 0.2) is 0 Å². The minimum atomic E-state index is -1.07. The number of nitrogens with two attached hydrogens (primary N) is 1. The summed E-state index contributed by atoms with van der Waals surface area (Å²) in [5.41, 5.74) is 4.84. The monoisotopic (exact) mass is 574 g/mol. The Kier molecular flexibility index (Phi) is 34.0. The van der Waals surface area contributed by atoms with E-state index >= 15 is 0 Å². The van der Waals surface area contributed by atoms with Crippen molar-refractivity contribution >= 4 is 13.2 Å². The van der Waals surface area contributed by atoms with Gasteiger partial charge in [0.1, 0.15) is 6.04 Å². The summed E-state index contributed by atoms with van der Waals surface area (Å²) in [6, 6.07) is -0.731. The molecule has 3 nitrogen and oxygen atoms in total. The van der Waals surface area contributed by atoms with E-state index in [0.717, 1.165) is 0 Å². The summed E-state index contributed by atoms with van der Waals surface area (Å²) < 4.78 is 0. The molecule has 0 radical (unpaired) electrons. The Labute approximate surface area is 248 Å². The third kappa shape index (κ3) is 30.6. The van der Waals surface area contributed by atoms with Crippen molar-refractivity contribution in [3.05, 3.63) is 0 Å². The Hall–Kier alpha value is -0.140. The second-order valence-corrected chi connectivity index (χ2v) is 17.7. The maximum atomic E-state index is 9.57. The number of aliphatic carboxylic acids is 1. The third-order valence-corrected chi connectivity index (χ3v) is 14.3. The molecule has 0 bridgehead atoms. The van der Waals surface area contributed by atoms with Gasteiger partial charge in [-0.25, -0.2) is 0 Å². The van der Waals surface area contributed by atoms with E-state index in [1.807, 2.05) is 0 Å². The Morgan fingerprint density at radius 3 is 0.846 bits per heavy atom. The molecule has 0 aromatic carbocycles. The molecular formula is C35H76NO2P. The van der Waals surface area contributed by atoms with Crippen LogP contribution in [0.5, 0.6) is 0 Å². The third-order valence-electron chi connectivity index (χ3n) is 8.63. The fraction of sp³-hybridized carbons (Fsp3) is 0.971. The van der Waals surface area contributed by atoms with Crippen molar-refractivity contribution in [2.75, 3.05) is 24.6 Å². The van der Waals surface area contributed by atoms with Crippen LogP contribution in [0.4, 0.5) is 0 Å². The van der Waals surface area contributed by atoms with E-state index in [1.54, 1.807) is 50.3 Å². The van der Waals surface area contributed by atoms with Gasteiger partial charge in [-0.15, -0.1) is 0 Å². The van der Waals surface area contributed by atoms with Gasteiger partial charge < -0.3 is 10.8 Å². The molecule has 0 aliphatic heterocycles. The Bertz CT molecular complexity index is 414. The Morgan fingerprint density at radius 2 is 0.667 bits per heavy atom. The predicted octanol–water partition coefficient (Wildman–Crippen LogP) is 11.6. The van der Waals surface area contributed by atoms with E-state index in [9.17, 15) is 4.79 Å². The zero-order chi connectivity index (χ0) is 29.5. The van der Waals surface area contributed by atoms with E-state index < -0.39 is 19.3 Å². The van der Waals surface area contributed by atoms with Crippen molar-refractivity contribution in [2.45, 2.75) is 195 Å². The summed E-state index contributed by atoms with van der Waals surface area (Å²) >= 11 is 0. The molecule has 238 valence electrons. The van der Waals surface area contributed by atoms with Crippen molar-refractivity contribution in [2.24, 2.45) is 5.73 Å². The van der Waals surface area contributed by atoms with E-state index in [4.69, 9.17) is 10.8 Å². The number of carbonyl (C=O) groups is 1. The molecule has 0 heterocycles. The molecule has 0 spiro atoms. The van der Waals surface area contributed by atoms with Crippen molar-refractivity contribution < 1.29 is 9.90 Å². The SMILES string of the molecule is CC(N)C(=O)O.CCCCCCCC[PH](CCCCCCCC)(CCCCCCCC)CCCCCCCC. The van der Waals surface area contributed by atoms with Gasteiger partial charge in [-0.3, -0.25) is 4.79 Å². The minimum absolute atomic E-state index is 0.731. The molecule has 39 heavy (non-hydrogen) atoms. The van der Waals surface area contributed by atoms with E-state index in [0.29, 0.717) is 0 Å². The Morgan fingerprint density at radius 1 is 0.487 bits per heavy atom. The summed E-state index contributed by atoms with van der Waals surface area (Å²) in [6.45, 7) is 10.8. The molecule has 0 amide bonds. The van der Waals surface area contributed by atoms with E-state index in [2.05, 4.69) is 27.7 Å². The maximum absolute atomic E-state index is 9.57. The van der Waals surface area contributed by atoms with Gasteiger partial charge in [-0.05, 0) is 6.92 Å². The second-order valence-electron chi connectivity index (χ2n) is 12.7. The summed E-state index contributed by atoms with van der Waals surface area (Å²) in [5, 5.41) is 7.87. The number of unbranched alkanes of at least 4 members (excludes halogenated alkanes) is 20. The van der Waals surface area contributed by atoms with Crippen LogP contribution in [-0.2, 0) is 4.79 Å².